The van der Waals surface area contributed by atoms with Crippen LogP contribution in [0.3, 0.4) is 0 Å². The highest BCUT2D eigenvalue weighted by molar-refractivity contribution is 7.78. The van der Waals surface area contributed by atoms with E-state index in [0.717, 1.165) is 11.1 Å². The molecule has 5 aromatic rings. The first-order valence-electron chi connectivity index (χ1n) is 11.5. The first kappa shape index (κ1) is 24.0. The Morgan fingerprint density at radius 1 is 0.417 bits per heavy atom. The summed E-state index contributed by atoms with van der Waals surface area (Å²) >= 11 is 0. The third kappa shape index (κ3) is 4.83. The van der Waals surface area contributed by atoms with Crippen molar-refractivity contribution in [2.75, 3.05) is 0 Å². The van der Waals surface area contributed by atoms with Crippen LogP contribution in [0.4, 0.5) is 0 Å². The molecule has 178 valence electrons. The second-order valence-corrected chi connectivity index (χ2v) is 13.7. The van der Waals surface area contributed by atoms with Crippen molar-refractivity contribution in [3.8, 4) is 0 Å². The van der Waals surface area contributed by atoms with E-state index in [0.29, 0.717) is 21.7 Å². The van der Waals surface area contributed by atoms with Crippen molar-refractivity contribution >= 4 is 36.0 Å². The van der Waals surface area contributed by atoms with Crippen LogP contribution >= 0.6 is 14.3 Å². The summed E-state index contributed by atoms with van der Waals surface area (Å²) in [5.74, 6) is 0. The fraction of sp³-hybridized carbons (Fsp3) is 0.0714. The summed E-state index contributed by atoms with van der Waals surface area (Å²) in [6.45, 7) is 0. The lowest BCUT2D eigenvalue weighted by atomic mass is 10.1. The van der Waals surface area contributed by atoms with Gasteiger partial charge >= 0.3 is 0 Å². The fourth-order valence-corrected chi connectivity index (χ4v) is 9.19. The third-order valence-electron chi connectivity index (χ3n) is 5.98. The molecule has 1 aromatic carbocycles. The SMILES string of the molecule is O=P(Cc1ccccc1CP(=O)(c1ccccn1)c1ccccn1)(c1ccccn1)c1ccccn1. The average molecular weight is 510 g/mol. The van der Waals surface area contributed by atoms with Crippen molar-refractivity contribution in [1.29, 1.82) is 0 Å². The lowest BCUT2D eigenvalue weighted by molar-refractivity contribution is 0.583. The molecule has 0 spiro atoms. The summed E-state index contributed by atoms with van der Waals surface area (Å²) < 4.78 is 29.2. The van der Waals surface area contributed by atoms with Crippen molar-refractivity contribution in [2.24, 2.45) is 0 Å². The molecule has 0 aliphatic carbocycles. The monoisotopic (exact) mass is 510 g/mol. The van der Waals surface area contributed by atoms with Crippen molar-refractivity contribution < 1.29 is 9.13 Å². The summed E-state index contributed by atoms with van der Waals surface area (Å²) in [5.41, 5.74) is 3.66. The molecule has 0 unspecified atom stereocenters. The van der Waals surface area contributed by atoms with Crippen molar-refractivity contribution in [2.45, 2.75) is 12.3 Å². The molecule has 0 atom stereocenters. The number of aromatic nitrogens is 4. The highest BCUT2D eigenvalue weighted by Gasteiger charge is 2.34. The van der Waals surface area contributed by atoms with Gasteiger partial charge in [-0.25, -0.2) is 0 Å². The molecule has 0 radical (unpaired) electrons. The summed E-state index contributed by atoms with van der Waals surface area (Å²) in [5, 5.41) is 0. The molecule has 8 heteroatoms. The van der Waals surface area contributed by atoms with Crippen molar-refractivity contribution in [3.63, 3.8) is 0 Å². The van der Waals surface area contributed by atoms with Gasteiger partial charge in [0.05, 0.1) is 0 Å². The van der Waals surface area contributed by atoms with Gasteiger partial charge in [-0.15, -0.1) is 0 Å². The Kier molecular flexibility index (Phi) is 6.99. The van der Waals surface area contributed by atoms with Gasteiger partial charge in [-0.2, -0.15) is 0 Å². The molecule has 0 bridgehead atoms. The first-order valence-corrected chi connectivity index (χ1v) is 15.3. The van der Waals surface area contributed by atoms with Gasteiger partial charge < -0.3 is 9.13 Å². The van der Waals surface area contributed by atoms with E-state index in [1.165, 1.54) is 0 Å². The topological polar surface area (TPSA) is 85.7 Å². The number of hydrogen-bond acceptors (Lipinski definition) is 6. The molecule has 0 aliphatic heterocycles. The van der Waals surface area contributed by atoms with Crippen molar-refractivity contribution in [3.05, 3.63) is 133 Å². The standard InChI is InChI=1S/C28H24N4O2P2/c33-35(25-13-3-7-17-29-25,26-14-4-8-18-30-26)21-23-11-1-2-12-24(23)22-36(34,27-15-5-9-19-31-27)28-16-6-10-20-32-28/h1-20H,21-22H2. The molecule has 0 aliphatic rings. The van der Waals surface area contributed by atoms with Crippen LogP contribution in [0.1, 0.15) is 11.1 Å². The van der Waals surface area contributed by atoms with E-state index in [2.05, 4.69) is 19.9 Å². The van der Waals surface area contributed by atoms with Crippen LogP contribution in [0.25, 0.3) is 0 Å². The predicted octanol–water partition coefficient (Wildman–Crippen LogP) is 4.29. The van der Waals surface area contributed by atoms with Gasteiger partial charge in [0.2, 0.25) is 0 Å². The van der Waals surface area contributed by atoms with Gasteiger partial charge in [0.25, 0.3) is 0 Å². The van der Waals surface area contributed by atoms with Gasteiger partial charge in [0, 0.05) is 37.1 Å². The van der Waals surface area contributed by atoms with E-state index >= 15 is 0 Å². The summed E-state index contributed by atoms with van der Waals surface area (Å²) in [7, 11) is -6.45. The fourth-order valence-electron chi connectivity index (χ4n) is 4.17. The van der Waals surface area contributed by atoms with E-state index in [4.69, 9.17) is 0 Å². The van der Waals surface area contributed by atoms with Crippen LogP contribution in [-0.4, -0.2) is 19.9 Å². The van der Waals surface area contributed by atoms with Crippen molar-refractivity contribution in [1.82, 2.24) is 19.9 Å². The number of benzene rings is 1. The van der Waals surface area contributed by atoms with Crippen LogP contribution in [0.5, 0.6) is 0 Å². The molecule has 36 heavy (non-hydrogen) atoms. The van der Waals surface area contributed by atoms with Crippen LogP contribution in [0.15, 0.2) is 122 Å². The first-order chi connectivity index (χ1) is 17.6. The molecule has 0 amide bonds. The number of rotatable bonds is 8. The molecular formula is C28H24N4O2P2. The van der Waals surface area contributed by atoms with E-state index in [9.17, 15) is 9.13 Å². The Morgan fingerprint density at radius 3 is 0.944 bits per heavy atom. The van der Waals surface area contributed by atoms with Crippen LogP contribution < -0.4 is 21.7 Å². The van der Waals surface area contributed by atoms with E-state index in [1.807, 2.05) is 48.5 Å². The largest absolute Gasteiger partial charge is 0.310 e. The van der Waals surface area contributed by atoms with Gasteiger partial charge in [-0.1, -0.05) is 48.5 Å². The average Bonchev–Trinajstić information content (AvgIpc) is 2.96. The molecule has 6 nitrogen and oxygen atoms in total. The second kappa shape index (κ2) is 10.5. The molecule has 5 rings (SSSR count). The number of pyridine rings is 4. The minimum atomic E-state index is -3.23. The van der Waals surface area contributed by atoms with Crippen LogP contribution in [0.2, 0.25) is 0 Å². The normalized spacial score (nSPS) is 11.8. The van der Waals surface area contributed by atoms with E-state index < -0.39 is 14.3 Å². The van der Waals surface area contributed by atoms with Crippen LogP contribution in [0, 0.1) is 0 Å². The number of nitrogens with zero attached hydrogens (tertiary/aromatic N) is 4. The summed E-state index contributed by atoms with van der Waals surface area (Å²) in [4.78, 5) is 17.8. The van der Waals surface area contributed by atoms with E-state index in [1.54, 1.807) is 73.3 Å². The minimum absolute atomic E-state index is 0.210. The Bertz CT molecular complexity index is 1330. The zero-order valence-corrected chi connectivity index (χ0v) is 21.2. The molecule has 0 N–H and O–H groups in total. The molecule has 0 saturated carbocycles. The molecule has 0 saturated heterocycles. The molecule has 4 aromatic heterocycles. The smallest absolute Gasteiger partial charge is 0.182 e. The predicted molar refractivity (Wildman–Crippen MR) is 145 cm³/mol. The van der Waals surface area contributed by atoms with Gasteiger partial charge in [0.1, 0.15) is 21.7 Å². The third-order valence-corrected chi connectivity index (χ3v) is 11.6. The Balaban J connectivity index is 1.61. The van der Waals surface area contributed by atoms with E-state index in [-0.39, 0.29) is 12.3 Å². The Hall–Kier alpha value is -3.72. The van der Waals surface area contributed by atoms with Gasteiger partial charge in [0.15, 0.2) is 14.3 Å². The van der Waals surface area contributed by atoms with Gasteiger partial charge in [-0.05, 0) is 59.7 Å². The highest BCUT2D eigenvalue weighted by Crippen LogP contribution is 2.50. The quantitative estimate of drug-likeness (QED) is 0.290. The number of hydrogen-bond donors (Lipinski definition) is 0. The maximum Gasteiger partial charge on any atom is 0.182 e. The lowest BCUT2D eigenvalue weighted by Crippen LogP contribution is -2.24. The molecular weight excluding hydrogens is 486 g/mol. The van der Waals surface area contributed by atoms with Crippen LogP contribution in [-0.2, 0) is 21.5 Å². The maximum atomic E-state index is 14.6. The van der Waals surface area contributed by atoms with Gasteiger partial charge in [-0.3, -0.25) is 19.9 Å². The Morgan fingerprint density at radius 2 is 0.694 bits per heavy atom. The minimum Gasteiger partial charge on any atom is -0.310 e. The maximum absolute atomic E-state index is 14.6. The lowest BCUT2D eigenvalue weighted by Gasteiger charge is -2.22. The summed E-state index contributed by atoms with van der Waals surface area (Å²) in [6, 6.07) is 29.4. The molecule has 4 heterocycles. The summed E-state index contributed by atoms with van der Waals surface area (Å²) in [6.07, 6.45) is 7.00. The zero-order valence-electron chi connectivity index (χ0n) is 19.5. The Labute approximate surface area is 210 Å². The zero-order chi connectivity index (χ0) is 24.8. The highest BCUT2D eigenvalue weighted by atomic mass is 31.2. The molecule has 0 fully saturated rings. The second-order valence-electron chi connectivity index (χ2n) is 8.32.